The van der Waals surface area contributed by atoms with E-state index in [4.69, 9.17) is 0 Å². The summed E-state index contributed by atoms with van der Waals surface area (Å²) in [5, 5.41) is 5.38. The van der Waals surface area contributed by atoms with E-state index >= 15 is 0 Å². The summed E-state index contributed by atoms with van der Waals surface area (Å²) in [6.07, 6.45) is 1.84. The molecule has 2 N–H and O–H groups in total. The summed E-state index contributed by atoms with van der Waals surface area (Å²) < 4.78 is 0. The maximum absolute atomic E-state index is 12.6. The number of carbonyl (C=O) groups is 3. The molecule has 22 heavy (non-hydrogen) atoms. The molecule has 0 aromatic heterocycles. The number of unbranched alkanes of at least 4 members (excludes halogenated alkanes) is 1. The lowest BCUT2D eigenvalue weighted by Crippen LogP contribution is -2.43. The second-order valence-corrected chi connectivity index (χ2v) is 5.52. The summed E-state index contributed by atoms with van der Waals surface area (Å²) >= 11 is 0. The highest BCUT2D eigenvalue weighted by Gasteiger charge is 2.49. The first kappa shape index (κ1) is 16.0. The average Bonchev–Trinajstić information content (AvgIpc) is 2.73. The summed E-state index contributed by atoms with van der Waals surface area (Å²) in [5.41, 5.74) is -0.426. The van der Waals surface area contributed by atoms with Gasteiger partial charge >= 0.3 is 6.03 Å². The van der Waals surface area contributed by atoms with Crippen LogP contribution in [0.1, 0.15) is 32.3 Å². The first-order valence-electron chi connectivity index (χ1n) is 7.45. The van der Waals surface area contributed by atoms with Crippen molar-refractivity contribution in [1.29, 1.82) is 0 Å². The summed E-state index contributed by atoms with van der Waals surface area (Å²) in [6, 6.07) is 8.47. The Labute approximate surface area is 129 Å². The maximum atomic E-state index is 12.6. The minimum Gasteiger partial charge on any atom is -0.355 e. The van der Waals surface area contributed by atoms with Gasteiger partial charge < -0.3 is 10.6 Å². The lowest BCUT2D eigenvalue weighted by atomic mass is 9.92. The smallest absolute Gasteiger partial charge is 0.325 e. The number of rotatable bonds is 6. The van der Waals surface area contributed by atoms with E-state index in [2.05, 4.69) is 10.6 Å². The molecule has 1 aliphatic rings. The van der Waals surface area contributed by atoms with E-state index in [-0.39, 0.29) is 12.5 Å². The van der Waals surface area contributed by atoms with Crippen molar-refractivity contribution in [3.63, 3.8) is 0 Å². The molecule has 0 bridgehead atoms. The third-order valence-electron chi connectivity index (χ3n) is 3.78. The van der Waals surface area contributed by atoms with Gasteiger partial charge in [0.1, 0.15) is 12.1 Å². The third kappa shape index (κ3) is 3.10. The highest BCUT2D eigenvalue weighted by molar-refractivity contribution is 6.09. The molecule has 1 aliphatic heterocycles. The fourth-order valence-electron chi connectivity index (χ4n) is 2.41. The summed E-state index contributed by atoms with van der Waals surface area (Å²) in [7, 11) is 0. The van der Waals surface area contributed by atoms with Crippen molar-refractivity contribution < 1.29 is 14.4 Å². The van der Waals surface area contributed by atoms with Gasteiger partial charge in [-0.25, -0.2) is 4.79 Å². The Balaban J connectivity index is 2.07. The highest BCUT2D eigenvalue weighted by atomic mass is 16.2. The number of imide groups is 1. The molecule has 1 saturated heterocycles. The summed E-state index contributed by atoms with van der Waals surface area (Å²) in [4.78, 5) is 37.4. The van der Waals surface area contributed by atoms with Crippen LogP contribution in [0.2, 0.25) is 0 Å². The molecule has 1 fully saturated rings. The molecular formula is C16H21N3O3. The number of urea groups is 1. The standard InChI is InChI=1S/C16H21N3O3/c1-3-4-10-17-13(20)11-19-14(21)16(2,18-15(19)22)12-8-6-5-7-9-12/h5-9H,3-4,10-11H2,1-2H3,(H,17,20)(H,18,22)/t16-/m1/s1. The van der Waals surface area contributed by atoms with Crippen LogP contribution in [0.15, 0.2) is 30.3 Å². The van der Waals surface area contributed by atoms with E-state index in [0.717, 1.165) is 17.7 Å². The Kier molecular flexibility index (Phi) is 4.80. The zero-order chi connectivity index (χ0) is 16.2. The lowest BCUT2D eigenvalue weighted by Gasteiger charge is -2.22. The quantitative estimate of drug-likeness (QED) is 0.615. The van der Waals surface area contributed by atoms with Crippen molar-refractivity contribution in [2.45, 2.75) is 32.2 Å². The first-order chi connectivity index (χ1) is 10.5. The minimum atomic E-state index is -1.12. The van der Waals surface area contributed by atoms with E-state index in [1.54, 1.807) is 31.2 Å². The van der Waals surface area contributed by atoms with Crippen LogP contribution in [0, 0.1) is 0 Å². The van der Waals surface area contributed by atoms with Gasteiger partial charge in [-0.1, -0.05) is 43.7 Å². The molecule has 1 aromatic carbocycles. The van der Waals surface area contributed by atoms with E-state index in [1.165, 1.54) is 0 Å². The molecular weight excluding hydrogens is 282 g/mol. The van der Waals surface area contributed by atoms with Gasteiger partial charge in [-0.2, -0.15) is 0 Å². The first-order valence-corrected chi connectivity index (χ1v) is 7.45. The Hall–Kier alpha value is -2.37. The molecule has 0 unspecified atom stereocenters. The van der Waals surface area contributed by atoms with Crippen molar-refractivity contribution in [3.05, 3.63) is 35.9 Å². The second-order valence-electron chi connectivity index (χ2n) is 5.52. The van der Waals surface area contributed by atoms with Gasteiger partial charge in [-0.3, -0.25) is 14.5 Å². The van der Waals surface area contributed by atoms with Crippen LogP contribution in [-0.2, 0) is 15.1 Å². The van der Waals surface area contributed by atoms with Crippen molar-refractivity contribution in [2.75, 3.05) is 13.1 Å². The van der Waals surface area contributed by atoms with Crippen LogP contribution in [0.25, 0.3) is 0 Å². The second kappa shape index (κ2) is 6.60. The molecule has 0 aliphatic carbocycles. The predicted octanol–water partition coefficient (Wildman–Crippen LogP) is 1.37. The number of hydrogen-bond acceptors (Lipinski definition) is 3. The normalized spacial score (nSPS) is 20.9. The third-order valence-corrected chi connectivity index (χ3v) is 3.78. The van der Waals surface area contributed by atoms with Crippen LogP contribution in [0.3, 0.4) is 0 Å². The number of nitrogens with zero attached hydrogens (tertiary/aromatic N) is 1. The van der Waals surface area contributed by atoms with Crippen molar-refractivity contribution in [3.8, 4) is 0 Å². The van der Waals surface area contributed by atoms with Gasteiger partial charge in [0.2, 0.25) is 5.91 Å². The largest absolute Gasteiger partial charge is 0.355 e. The number of benzene rings is 1. The molecule has 2 rings (SSSR count). The Morgan fingerprint density at radius 3 is 2.59 bits per heavy atom. The molecule has 0 spiro atoms. The van der Waals surface area contributed by atoms with Gasteiger partial charge in [0.15, 0.2) is 0 Å². The average molecular weight is 303 g/mol. The van der Waals surface area contributed by atoms with Gasteiger partial charge in [-0.15, -0.1) is 0 Å². The predicted molar refractivity (Wildman–Crippen MR) is 82.0 cm³/mol. The number of carbonyl (C=O) groups excluding carboxylic acids is 3. The molecule has 6 nitrogen and oxygen atoms in total. The minimum absolute atomic E-state index is 0.253. The Bertz CT molecular complexity index is 573. The monoisotopic (exact) mass is 303 g/mol. The van der Waals surface area contributed by atoms with E-state index in [1.807, 2.05) is 13.0 Å². The maximum Gasteiger partial charge on any atom is 0.325 e. The van der Waals surface area contributed by atoms with Crippen LogP contribution >= 0.6 is 0 Å². The molecule has 0 saturated carbocycles. The van der Waals surface area contributed by atoms with E-state index < -0.39 is 17.5 Å². The van der Waals surface area contributed by atoms with Gasteiger partial charge in [0, 0.05) is 6.54 Å². The topological polar surface area (TPSA) is 78.5 Å². The molecule has 6 heteroatoms. The van der Waals surface area contributed by atoms with E-state index in [0.29, 0.717) is 12.1 Å². The number of hydrogen-bond donors (Lipinski definition) is 2. The zero-order valence-corrected chi connectivity index (χ0v) is 12.9. The Morgan fingerprint density at radius 1 is 1.27 bits per heavy atom. The zero-order valence-electron chi connectivity index (χ0n) is 12.9. The van der Waals surface area contributed by atoms with Crippen molar-refractivity contribution in [2.24, 2.45) is 0 Å². The molecule has 118 valence electrons. The van der Waals surface area contributed by atoms with Crippen molar-refractivity contribution in [1.82, 2.24) is 15.5 Å². The fourth-order valence-corrected chi connectivity index (χ4v) is 2.41. The number of amides is 4. The lowest BCUT2D eigenvalue weighted by molar-refractivity contribution is -0.134. The summed E-state index contributed by atoms with van der Waals surface area (Å²) in [6.45, 7) is 3.97. The SMILES string of the molecule is CCCCNC(=O)CN1C(=O)N[C@](C)(c2ccccc2)C1=O. The fraction of sp³-hybridized carbons (Fsp3) is 0.438. The van der Waals surface area contributed by atoms with Gasteiger partial charge in [0.25, 0.3) is 5.91 Å². The Morgan fingerprint density at radius 2 is 1.95 bits per heavy atom. The summed E-state index contributed by atoms with van der Waals surface area (Å²) in [5.74, 6) is -0.733. The van der Waals surface area contributed by atoms with Gasteiger partial charge in [0.05, 0.1) is 0 Å². The highest BCUT2D eigenvalue weighted by Crippen LogP contribution is 2.28. The molecule has 4 amide bonds. The van der Waals surface area contributed by atoms with Crippen LogP contribution < -0.4 is 10.6 Å². The molecule has 1 atom stereocenters. The van der Waals surface area contributed by atoms with Crippen LogP contribution in [-0.4, -0.2) is 35.8 Å². The molecule has 1 aromatic rings. The van der Waals surface area contributed by atoms with Gasteiger partial charge in [-0.05, 0) is 18.9 Å². The van der Waals surface area contributed by atoms with Crippen LogP contribution in [0.4, 0.5) is 4.79 Å². The van der Waals surface area contributed by atoms with Crippen molar-refractivity contribution >= 4 is 17.8 Å². The van der Waals surface area contributed by atoms with Crippen LogP contribution in [0.5, 0.6) is 0 Å². The molecule has 0 radical (unpaired) electrons. The number of nitrogens with one attached hydrogen (secondary N) is 2. The van der Waals surface area contributed by atoms with E-state index in [9.17, 15) is 14.4 Å². The molecule has 1 heterocycles.